The molecule has 226 valence electrons. The lowest BCUT2D eigenvalue weighted by atomic mass is 10.1. The summed E-state index contributed by atoms with van der Waals surface area (Å²) in [7, 11) is 0. The fourth-order valence-electron chi connectivity index (χ4n) is 5.53. The van der Waals surface area contributed by atoms with Crippen LogP contribution in [0.25, 0.3) is 44.7 Å². The Hall–Kier alpha value is -6.02. The number of benzene rings is 3. The fraction of sp³-hybridized carbons (Fsp3) is 0.105. The summed E-state index contributed by atoms with van der Waals surface area (Å²) in [4.78, 5) is 36.4. The number of amides is 2. The Balaban J connectivity index is 1.07. The molecule has 2 N–H and O–H groups in total. The first kappa shape index (κ1) is 28.7. The minimum atomic E-state index is -0.214. The number of pyridine rings is 2. The Morgan fingerprint density at radius 2 is 1.02 bits per heavy atom. The molecule has 7 rings (SSSR count). The standard InChI is InChI=1S/C38H30N4O4/c1-23-14-16-35(45-23)33-19-29(27-10-3-5-12-31(27)41-33)37(43)39-21-25-8-7-9-26(18-25)22-40-38(44)30-20-34(36-17-15-24(2)46-36)42-32-13-6-4-11-28(30)32/h3-20H,21-22H2,1-2H3,(H,39,43)(H,40,44). The highest BCUT2D eigenvalue weighted by molar-refractivity contribution is 6.08. The topological polar surface area (TPSA) is 110 Å². The maximum atomic E-state index is 13.5. The number of furan rings is 2. The molecular formula is C38H30N4O4. The smallest absolute Gasteiger partial charge is 0.252 e. The highest BCUT2D eigenvalue weighted by Gasteiger charge is 2.17. The van der Waals surface area contributed by atoms with E-state index in [1.54, 1.807) is 12.1 Å². The van der Waals surface area contributed by atoms with Crippen molar-refractivity contribution in [2.24, 2.45) is 0 Å². The Morgan fingerprint density at radius 3 is 1.46 bits per heavy atom. The van der Waals surface area contributed by atoms with Crippen molar-refractivity contribution in [3.63, 3.8) is 0 Å². The number of nitrogens with one attached hydrogen (secondary N) is 2. The molecule has 8 heteroatoms. The molecule has 8 nitrogen and oxygen atoms in total. The van der Waals surface area contributed by atoms with Crippen molar-refractivity contribution in [1.29, 1.82) is 0 Å². The molecule has 0 saturated carbocycles. The molecule has 2 amide bonds. The van der Waals surface area contributed by atoms with Crippen LogP contribution >= 0.6 is 0 Å². The lowest BCUT2D eigenvalue weighted by Crippen LogP contribution is -2.24. The molecule has 0 aliphatic carbocycles. The van der Waals surface area contributed by atoms with Crippen molar-refractivity contribution < 1.29 is 18.4 Å². The third kappa shape index (κ3) is 5.88. The Morgan fingerprint density at radius 1 is 0.565 bits per heavy atom. The number of carbonyl (C=O) groups excluding carboxylic acids is 2. The average molecular weight is 607 g/mol. The Kier molecular flexibility index (Phi) is 7.60. The Labute approximate surface area is 265 Å². The van der Waals surface area contributed by atoms with Gasteiger partial charge in [0.1, 0.15) is 22.9 Å². The summed E-state index contributed by atoms with van der Waals surface area (Å²) in [5.74, 6) is 2.34. The number of fused-ring (bicyclic) bond motifs is 2. The molecule has 0 radical (unpaired) electrons. The molecule has 46 heavy (non-hydrogen) atoms. The van der Waals surface area contributed by atoms with Crippen molar-refractivity contribution in [2.45, 2.75) is 26.9 Å². The first-order valence-corrected chi connectivity index (χ1v) is 15.0. The molecule has 0 aliphatic heterocycles. The number of para-hydroxylation sites is 2. The predicted octanol–water partition coefficient (Wildman–Crippen LogP) is 7.78. The number of aryl methyl sites for hydroxylation is 2. The molecule has 0 bridgehead atoms. The molecule has 4 aromatic heterocycles. The number of aromatic nitrogens is 2. The van der Waals surface area contributed by atoms with E-state index in [1.165, 1.54) is 0 Å². The lowest BCUT2D eigenvalue weighted by molar-refractivity contribution is 0.0945. The van der Waals surface area contributed by atoms with E-state index in [2.05, 4.69) is 10.6 Å². The van der Waals surface area contributed by atoms with Gasteiger partial charge in [-0.05, 0) is 73.5 Å². The van der Waals surface area contributed by atoms with E-state index in [1.807, 2.05) is 111 Å². The second-order valence-corrected chi connectivity index (χ2v) is 11.2. The third-order valence-electron chi connectivity index (χ3n) is 7.80. The first-order valence-electron chi connectivity index (χ1n) is 15.0. The van der Waals surface area contributed by atoms with Crippen molar-refractivity contribution >= 4 is 33.6 Å². The normalized spacial score (nSPS) is 11.2. The van der Waals surface area contributed by atoms with E-state index in [0.717, 1.165) is 33.4 Å². The lowest BCUT2D eigenvalue weighted by Gasteiger charge is -2.12. The van der Waals surface area contributed by atoms with Crippen LogP contribution in [0.1, 0.15) is 43.4 Å². The van der Waals surface area contributed by atoms with E-state index < -0.39 is 0 Å². The molecule has 0 aliphatic rings. The summed E-state index contributed by atoms with van der Waals surface area (Å²) in [6.07, 6.45) is 0. The van der Waals surface area contributed by atoms with Crippen LogP contribution < -0.4 is 10.6 Å². The van der Waals surface area contributed by atoms with Gasteiger partial charge in [0.2, 0.25) is 0 Å². The van der Waals surface area contributed by atoms with Gasteiger partial charge in [-0.1, -0.05) is 60.7 Å². The molecule has 0 fully saturated rings. The quantitative estimate of drug-likeness (QED) is 0.183. The van der Waals surface area contributed by atoms with Crippen molar-refractivity contribution in [3.05, 3.63) is 143 Å². The molecule has 0 atom stereocenters. The van der Waals surface area contributed by atoms with E-state index in [9.17, 15) is 9.59 Å². The van der Waals surface area contributed by atoms with Crippen LogP contribution in [0.4, 0.5) is 0 Å². The molecule has 0 spiro atoms. The zero-order chi connectivity index (χ0) is 31.6. The van der Waals surface area contributed by atoms with Gasteiger partial charge >= 0.3 is 0 Å². The van der Waals surface area contributed by atoms with E-state index in [0.29, 0.717) is 58.2 Å². The summed E-state index contributed by atoms with van der Waals surface area (Å²) in [6.45, 7) is 4.37. The van der Waals surface area contributed by atoms with Crippen LogP contribution in [0, 0.1) is 13.8 Å². The van der Waals surface area contributed by atoms with Gasteiger partial charge in [-0.15, -0.1) is 0 Å². The number of rotatable bonds is 8. The van der Waals surface area contributed by atoms with Crippen LogP contribution in [0.15, 0.2) is 118 Å². The summed E-state index contributed by atoms with van der Waals surface area (Å²) in [5, 5.41) is 7.63. The maximum absolute atomic E-state index is 13.5. The Bertz CT molecular complexity index is 2090. The van der Waals surface area contributed by atoms with Gasteiger partial charge in [-0.2, -0.15) is 0 Å². The molecular weight excluding hydrogens is 576 g/mol. The zero-order valence-corrected chi connectivity index (χ0v) is 25.3. The van der Waals surface area contributed by atoms with Gasteiger partial charge in [-0.25, -0.2) is 9.97 Å². The fourth-order valence-corrected chi connectivity index (χ4v) is 5.53. The molecule has 3 aromatic carbocycles. The van der Waals surface area contributed by atoms with Crippen molar-refractivity contribution in [1.82, 2.24) is 20.6 Å². The molecule has 7 aromatic rings. The van der Waals surface area contributed by atoms with Crippen molar-refractivity contribution in [3.8, 4) is 22.9 Å². The number of hydrogen-bond donors (Lipinski definition) is 2. The zero-order valence-electron chi connectivity index (χ0n) is 25.3. The largest absolute Gasteiger partial charge is 0.460 e. The maximum Gasteiger partial charge on any atom is 0.252 e. The minimum Gasteiger partial charge on any atom is -0.460 e. The van der Waals surface area contributed by atoms with E-state index >= 15 is 0 Å². The number of hydrogen-bond acceptors (Lipinski definition) is 6. The molecule has 0 saturated heterocycles. The van der Waals surface area contributed by atoms with Gasteiger partial charge in [0.15, 0.2) is 11.5 Å². The van der Waals surface area contributed by atoms with Crippen LogP contribution in [-0.2, 0) is 13.1 Å². The predicted molar refractivity (Wildman–Crippen MR) is 177 cm³/mol. The average Bonchev–Trinajstić information content (AvgIpc) is 3.73. The second kappa shape index (κ2) is 12.2. The van der Waals surface area contributed by atoms with Gasteiger partial charge in [0, 0.05) is 23.9 Å². The van der Waals surface area contributed by atoms with E-state index in [-0.39, 0.29) is 11.8 Å². The second-order valence-electron chi connectivity index (χ2n) is 11.2. The summed E-state index contributed by atoms with van der Waals surface area (Å²) < 4.78 is 11.6. The third-order valence-corrected chi connectivity index (χ3v) is 7.80. The molecule has 0 unspecified atom stereocenters. The minimum absolute atomic E-state index is 0.214. The summed E-state index contributed by atoms with van der Waals surface area (Å²) in [5.41, 5.74) is 5.48. The summed E-state index contributed by atoms with van der Waals surface area (Å²) >= 11 is 0. The van der Waals surface area contributed by atoms with Crippen LogP contribution in [0.2, 0.25) is 0 Å². The van der Waals surface area contributed by atoms with Crippen LogP contribution in [0.3, 0.4) is 0 Å². The van der Waals surface area contributed by atoms with Gasteiger partial charge in [0.05, 0.1) is 22.2 Å². The molecule has 4 heterocycles. The monoisotopic (exact) mass is 606 g/mol. The number of carbonyl (C=O) groups is 2. The van der Waals surface area contributed by atoms with Crippen LogP contribution in [-0.4, -0.2) is 21.8 Å². The first-order chi connectivity index (χ1) is 22.4. The van der Waals surface area contributed by atoms with E-state index in [4.69, 9.17) is 18.8 Å². The van der Waals surface area contributed by atoms with Crippen molar-refractivity contribution in [2.75, 3.05) is 0 Å². The van der Waals surface area contributed by atoms with Gasteiger partial charge in [-0.3, -0.25) is 9.59 Å². The highest BCUT2D eigenvalue weighted by atomic mass is 16.3. The van der Waals surface area contributed by atoms with Crippen LogP contribution in [0.5, 0.6) is 0 Å². The number of nitrogens with zero attached hydrogens (tertiary/aromatic N) is 2. The van der Waals surface area contributed by atoms with Gasteiger partial charge in [0.25, 0.3) is 11.8 Å². The van der Waals surface area contributed by atoms with Gasteiger partial charge < -0.3 is 19.5 Å². The highest BCUT2D eigenvalue weighted by Crippen LogP contribution is 2.28. The SMILES string of the molecule is Cc1ccc(-c2cc(C(=O)NCc3cccc(CNC(=O)c4cc(-c5ccc(C)o5)nc5ccccc45)c3)c3ccccc3n2)o1. The summed E-state index contributed by atoms with van der Waals surface area (Å²) in [6, 6.07) is 33.9.